The van der Waals surface area contributed by atoms with Gasteiger partial charge in [-0.15, -0.1) is 0 Å². The number of hydrogen-bond donors (Lipinski definition) is 1. The number of hydrazone groups is 1. The molecule has 0 spiro atoms. The lowest BCUT2D eigenvalue weighted by atomic mass is 10.3. The highest BCUT2D eigenvalue weighted by molar-refractivity contribution is 9.10. The molecule has 1 N–H and O–H groups in total. The van der Waals surface area contributed by atoms with Gasteiger partial charge in [0.1, 0.15) is 11.5 Å². The number of carbonyl (C=O) groups excluding carboxylic acids is 1. The van der Waals surface area contributed by atoms with Crippen molar-refractivity contribution < 1.29 is 14.3 Å². The van der Waals surface area contributed by atoms with Gasteiger partial charge in [0.05, 0.1) is 19.0 Å². The number of methoxy groups -OCH3 is 1. The van der Waals surface area contributed by atoms with Gasteiger partial charge in [0.2, 0.25) is 0 Å². The van der Waals surface area contributed by atoms with E-state index in [4.69, 9.17) is 9.47 Å². The maximum absolute atomic E-state index is 11.9. The zero-order chi connectivity index (χ0) is 19.9. The predicted octanol–water partition coefficient (Wildman–Crippen LogP) is 4.09. The van der Waals surface area contributed by atoms with Gasteiger partial charge in [-0.3, -0.25) is 4.79 Å². The SMILES string of the molecule is COc1ccc(-n2c(C)ccc2/C=N/NC(=O)COc2ccc(Br)cc2)cc1. The Labute approximate surface area is 171 Å². The lowest BCUT2D eigenvalue weighted by Gasteiger charge is -2.10. The number of aromatic nitrogens is 1. The number of halogens is 1. The second kappa shape index (κ2) is 9.23. The summed E-state index contributed by atoms with van der Waals surface area (Å²) < 4.78 is 13.6. The first-order chi connectivity index (χ1) is 13.6. The Balaban J connectivity index is 1.61. The van der Waals surface area contributed by atoms with E-state index < -0.39 is 0 Å². The Kier molecular flexibility index (Phi) is 6.49. The van der Waals surface area contributed by atoms with E-state index in [1.54, 1.807) is 25.5 Å². The van der Waals surface area contributed by atoms with Crippen LogP contribution in [0.2, 0.25) is 0 Å². The zero-order valence-corrected chi connectivity index (χ0v) is 17.1. The van der Waals surface area contributed by atoms with E-state index in [0.717, 1.165) is 27.3 Å². The number of aryl methyl sites for hydroxylation is 1. The maximum atomic E-state index is 11.9. The van der Waals surface area contributed by atoms with Crippen molar-refractivity contribution in [2.24, 2.45) is 5.10 Å². The van der Waals surface area contributed by atoms with Crippen molar-refractivity contribution >= 4 is 28.1 Å². The van der Waals surface area contributed by atoms with E-state index in [0.29, 0.717) is 5.75 Å². The molecule has 1 amide bonds. The molecule has 0 fully saturated rings. The van der Waals surface area contributed by atoms with Gasteiger partial charge < -0.3 is 14.0 Å². The second-order valence-corrected chi connectivity index (χ2v) is 6.88. The van der Waals surface area contributed by atoms with Crippen molar-refractivity contribution in [3.05, 3.63) is 76.5 Å². The summed E-state index contributed by atoms with van der Waals surface area (Å²) in [6.45, 7) is 1.89. The minimum Gasteiger partial charge on any atom is -0.497 e. The molecule has 7 heteroatoms. The number of rotatable bonds is 7. The van der Waals surface area contributed by atoms with Crippen LogP contribution in [0.3, 0.4) is 0 Å². The van der Waals surface area contributed by atoms with Crippen LogP contribution in [0.15, 0.2) is 70.2 Å². The first-order valence-electron chi connectivity index (χ1n) is 8.60. The molecule has 3 aromatic rings. The Morgan fingerprint density at radius 3 is 2.43 bits per heavy atom. The van der Waals surface area contributed by atoms with Crippen molar-refractivity contribution in [1.29, 1.82) is 0 Å². The van der Waals surface area contributed by atoms with Gasteiger partial charge in [0, 0.05) is 15.9 Å². The minimum absolute atomic E-state index is 0.114. The summed E-state index contributed by atoms with van der Waals surface area (Å²) >= 11 is 3.35. The molecule has 0 saturated heterocycles. The lowest BCUT2D eigenvalue weighted by Crippen LogP contribution is -2.24. The Hall–Kier alpha value is -3.06. The number of carbonyl (C=O) groups is 1. The van der Waals surface area contributed by atoms with Gasteiger partial charge in [-0.05, 0) is 67.6 Å². The predicted molar refractivity (Wildman–Crippen MR) is 112 cm³/mol. The summed E-state index contributed by atoms with van der Waals surface area (Å²) in [6, 6.07) is 18.9. The molecular weight excluding hydrogens is 422 g/mol. The number of nitrogens with zero attached hydrogens (tertiary/aromatic N) is 2. The summed E-state index contributed by atoms with van der Waals surface area (Å²) in [5, 5.41) is 4.04. The topological polar surface area (TPSA) is 64.8 Å². The number of ether oxygens (including phenoxy) is 2. The second-order valence-electron chi connectivity index (χ2n) is 5.97. The first-order valence-corrected chi connectivity index (χ1v) is 9.39. The molecule has 0 bridgehead atoms. The van der Waals surface area contributed by atoms with E-state index in [-0.39, 0.29) is 12.5 Å². The van der Waals surface area contributed by atoms with Crippen molar-refractivity contribution in [3.8, 4) is 17.2 Å². The number of benzene rings is 2. The molecule has 0 aliphatic carbocycles. The molecule has 0 atom stereocenters. The smallest absolute Gasteiger partial charge is 0.277 e. The molecule has 0 saturated carbocycles. The fourth-order valence-corrected chi connectivity index (χ4v) is 2.89. The third-order valence-electron chi connectivity index (χ3n) is 4.01. The molecule has 0 aliphatic rings. The van der Waals surface area contributed by atoms with Crippen LogP contribution in [-0.4, -0.2) is 30.4 Å². The van der Waals surface area contributed by atoms with E-state index in [9.17, 15) is 4.79 Å². The first kappa shape index (κ1) is 19.7. The average Bonchev–Trinajstić information content (AvgIpc) is 3.08. The van der Waals surface area contributed by atoms with Crippen LogP contribution in [-0.2, 0) is 4.79 Å². The quantitative estimate of drug-likeness (QED) is 0.443. The third-order valence-corrected chi connectivity index (χ3v) is 4.54. The van der Waals surface area contributed by atoms with Crippen molar-refractivity contribution in [2.45, 2.75) is 6.92 Å². The Bertz CT molecular complexity index is 964. The number of hydrogen-bond acceptors (Lipinski definition) is 4. The zero-order valence-electron chi connectivity index (χ0n) is 15.6. The van der Waals surface area contributed by atoms with Crippen LogP contribution in [0.25, 0.3) is 5.69 Å². The Morgan fingerprint density at radius 1 is 1.07 bits per heavy atom. The van der Waals surface area contributed by atoms with Gasteiger partial charge in [-0.1, -0.05) is 15.9 Å². The summed E-state index contributed by atoms with van der Waals surface area (Å²) in [4.78, 5) is 11.9. The molecule has 1 aromatic heterocycles. The van der Waals surface area contributed by atoms with Crippen molar-refractivity contribution in [2.75, 3.05) is 13.7 Å². The third kappa shape index (κ3) is 5.01. The van der Waals surface area contributed by atoms with Gasteiger partial charge in [0.25, 0.3) is 5.91 Å². The van der Waals surface area contributed by atoms with Crippen molar-refractivity contribution in [3.63, 3.8) is 0 Å². The van der Waals surface area contributed by atoms with Crippen LogP contribution >= 0.6 is 15.9 Å². The van der Waals surface area contributed by atoms with Crippen LogP contribution in [0.1, 0.15) is 11.4 Å². The van der Waals surface area contributed by atoms with E-state index >= 15 is 0 Å². The van der Waals surface area contributed by atoms with Crippen LogP contribution in [0, 0.1) is 6.92 Å². The van der Waals surface area contributed by atoms with Crippen molar-refractivity contribution in [1.82, 2.24) is 9.99 Å². The van der Waals surface area contributed by atoms with E-state index in [2.05, 4.69) is 26.5 Å². The largest absolute Gasteiger partial charge is 0.497 e. The monoisotopic (exact) mass is 441 g/mol. The number of nitrogens with one attached hydrogen (secondary N) is 1. The summed E-state index contributed by atoms with van der Waals surface area (Å²) in [5.74, 6) is 1.08. The summed E-state index contributed by atoms with van der Waals surface area (Å²) in [7, 11) is 1.64. The van der Waals surface area contributed by atoms with Crippen LogP contribution in [0.5, 0.6) is 11.5 Å². The highest BCUT2D eigenvalue weighted by Crippen LogP contribution is 2.19. The molecule has 3 rings (SSSR count). The molecule has 0 unspecified atom stereocenters. The molecule has 2 aromatic carbocycles. The fourth-order valence-electron chi connectivity index (χ4n) is 2.63. The van der Waals surface area contributed by atoms with Gasteiger partial charge in [-0.25, -0.2) is 5.43 Å². The van der Waals surface area contributed by atoms with E-state index in [1.165, 1.54) is 0 Å². The molecule has 6 nitrogen and oxygen atoms in total. The number of amides is 1. The fraction of sp³-hybridized carbons (Fsp3) is 0.143. The normalized spacial score (nSPS) is 10.8. The van der Waals surface area contributed by atoms with Gasteiger partial charge in [0.15, 0.2) is 6.61 Å². The van der Waals surface area contributed by atoms with Gasteiger partial charge >= 0.3 is 0 Å². The standard InChI is InChI=1S/C21H20BrN3O3/c1-15-3-6-18(25(15)17-7-11-19(27-2)12-8-17)13-23-24-21(26)14-28-20-9-4-16(22)5-10-20/h3-13H,14H2,1-2H3,(H,24,26)/b23-13+. The van der Waals surface area contributed by atoms with Crippen LogP contribution in [0.4, 0.5) is 0 Å². The molecule has 28 heavy (non-hydrogen) atoms. The minimum atomic E-state index is -0.335. The van der Waals surface area contributed by atoms with Crippen LogP contribution < -0.4 is 14.9 Å². The Morgan fingerprint density at radius 2 is 1.75 bits per heavy atom. The molecule has 144 valence electrons. The summed E-state index contributed by atoms with van der Waals surface area (Å²) in [6.07, 6.45) is 1.61. The highest BCUT2D eigenvalue weighted by Gasteiger charge is 2.07. The molecule has 1 heterocycles. The molecule has 0 aliphatic heterocycles. The van der Waals surface area contributed by atoms with E-state index in [1.807, 2.05) is 60.0 Å². The highest BCUT2D eigenvalue weighted by atomic mass is 79.9. The average molecular weight is 442 g/mol. The molecular formula is C21H20BrN3O3. The lowest BCUT2D eigenvalue weighted by molar-refractivity contribution is -0.123. The molecule has 0 radical (unpaired) electrons. The van der Waals surface area contributed by atoms with Gasteiger partial charge in [-0.2, -0.15) is 5.10 Å². The maximum Gasteiger partial charge on any atom is 0.277 e. The summed E-state index contributed by atoms with van der Waals surface area (Å²) in [5.41, 5.74) is 5.36.